The molecule has 0 aliphatic heterocycles. The van der Waals surface area contributed by atoms with Gasteiger partial charge in [0.1, 0.15) is 0 Å². The lowest BCUT2D eigenvalue weighted by molar-refractivity contribution is -0.448. The van der Waals surface area contributed by atoms with Crippen LogP contribution in [0.2, 0.25) is 0 Å². The van der Waals surface area contributed by atoms with Gasteiger partial charge in [0.05, 0.1) is 0 Å². The van der Waals surface area contributed by atoms with Crippen LogP contribution in [0.25, 0.3) is 0 Å². The van der Waals surface area contributed by atoms with Crippen molar-refractivity contribution in [1.82, 2.24) is 0 Å². The second-order valence-corrected chi connectivity index (χ2v) is 1.07. The summed E-state index contributed by atoms with van der Waals surface area (Å²) in [6, 6.07) is 0. The van der Waals surface area contributed by atoms with Crippen molar-refractivity contribution in [2.45, 2.75) is 6.16 Å². The number of ether oxygens (including phenoxy) is 1. The van der Waals surface area contributed by atoms with Gasteiger partial charge in [0.25, 0.3) is 5.95 Å². The molecule has 0 radical (unpaired) electrons. The van der Waals surface area contributed by atoms with Gasteiger partial charge in [0, 0.05) is 0 Å². The molecule has 8 heavy (non-hydrogen) atoms. The van der Waals surface area contributed by atoms with E-state index in [1.807, 2.05) is 0 Å². The first-order valence-electron chi connectivity index (χ1n) is 1.66. The molecule has 0 saturated carbocycles. The first-order valence-corrected chi connectivity index (χ1v) is 1.66. The maximum absolute atomic E-state index is 7.99. The van der Waals surface area contributed by atoms with Crippen LogP contribution in [-0.4, -0.2) is 26.6 Å². The number of aliphatic hydroxyl groups is 4. The summed E-state index contributed by atoms with van der Waals surface area (Å²) >= 11 is 0. The summed E-state index contributed by atoms with van der Waals surface area (Å²) in [6.45, 7) is 2.69. The standard InChI is InChI=1S/C3H6O5/c1-2(4)8-3(5,6)7/h4-7H,1H2. The van der Waals surface area contributed by atoms with Crippen LogP contribution in [0.3, 0.4) is 0 Å². The Morgan fingerprint density at radius 1 is 1.38 bits per heavy atom. The SMILES string of the molecule is C=C(O)OC(O)(O)O. The maximum Gasteiger partial charge on any atom is 0.455 e. The molecule has 0 aromatic heterocycles. The molecular formula is C3H6O5. The minimum absolute atomic E-state index is 0.975. The molecule has 0 bridgehead atoms. The quantitative estimate of drug-likeness (QED) is 0.268. The van der Waals surface area contributed by atoms with Crippen molar-refractivity contribution in [3.8, 4) is 0 Å². The van der Waals surface area contributed by atoms with Crippen molar-refractivity contribution < 1.29 is 25.2 Å². The molecule has 0 fully saturated rings. The Morgan fingerprint density at radius 2 is 1.75 bits per heavy atom. The summed E-state index contributed by atoms with van der Waals surface area (Å²) in [5.41, 5.74) is 0. The van der Waals surface area contributed by atoms with Crippen molar-refractivity contribution in [3.63, 3.8) is 0 Å². The number of hydrogen-bond acceptors (Lipinski definition) is 5. The van der Waals surface area contributed by atoms with Crippen LogP contribution >= 0.6 is 0 Å². The van der Waals surface area contributed by atoms with Crippen LogP contribution in [0.5, 0.6) is 0 Å². The Bertz CT molecular complexity index is 90.3. The third-order valence-electron chi connectivity index (χ3n) is 0.255. The lowest BCUT2D eigenvalue weighted by atomic mass is 11.0. The highest BCUT2D eigenvalue weighted by Gasteiger charge is 2.20. The average Bonchev–Trinajstić information content (AvgIpc) is 1.21. The van der Waals surface area contributed by atoms with E-state index in [1.54, 1.807) is 0 Å². The highest BCUT2D eigenvalue weighted by atomic mass is 16.9. The molecule has 48 valence electrons. The zero-order valence-electron chi connectivity index (χ0n) is 3.90. The Morgan fingerprint density at radius 3 is 1.75 bits per heavy atom. The third-order valence-corrected chi connectivity index (χ3v) is 0.255. The summed E-state index contributed by atoms with van der Waals surface area (Å²) < 4.78 is 3.47. The minimum atomic E-state index is -3.33. The van der Waals surface area contributed by atoms with E-state index in [1.165, 1.54) is 0 Å². The molecule has 5 heteroatoms. The summed E-state index contributed by atoms with van der Waals surface area (Å²) in [7, 11) is 0. The average molecular weight is 122 g/mol. The van der Waals surface area contributed by atoms with Crippen molar-refractivity contribution in [2.75, 3.05) is 0 Å². The molecule has 0 aromatic carbocycles. The van der Waals surface area contributed by atoms with Crippen molar-refractivity contribution >= 4 is 0 Å². The molecule has 0 atom stereocenters. The molecule has 4 N–H and O–H groups in total. The summed E-state index contributed by atoms with van der Waals surface area (Å²) in [6.07, 6.45) is -3.33. The third kappa shape index (κ3) is 5.22. The molecule has 0 saturated heterocycles. The van der Waals surface area contributed by atoms with Crippen LogP contribution in [0.15, 0.2) is 12.5 Å². The van der Waals surface area contributed by atoms with Crippen molar-refractivity contribution in [3.05, 3.63) is 12.5 Å². The van der Waals surface area contributed by atoms with E-state index in [0.29, 0.717) is 0 Å². The highest BCUT2D eigenvalue weighted by molar-refractivity contribution is 4.62. The van der Waals surface area contributed by atoms with E-state index >= 15 is 0 Å². The van der Waals surface area contributed by atoms with Crippen molar-refractivity contribution in [1.29, 1.82) is 0 Å². The zero-order chi connectivity index (χ0) is 6.78. The predicted molar refractivity (Wildman–Crippen MR) is 22.2 cm³/mol. The van der Waals surface area contributed by atoms with Gasteiger partial charge in [-0.15, -0.1) is 0 Å². The van der Waals surface area contributed by atoms with Crippen LogP contribution in [0.1, 0.15) is 0 Å². The topological polar surface area (TPSA) is 90.2 Å². The Hall–Kier alpha value is -0.780. The second-order valence-electron chi connectivity index (χ2n) is 1.07. The predicted octanol–water partition coefficient (Wildman–Crippen LogP) is -1.38. The van der Waals surface area contributed by atoms with Crippen LogP contribution < -0.4 is 0 Å². The van der Waals surface area contributed by atoms with Gasteiger partial charge in [-0.3, -0.25) is 0 Å². The largest absolute Gasteiger partial charge is 0.481 e. The van der Waals surface area contributed by atoms with Gasteiger partial charge in [-0.2, -0.15) is 0 Å². The van der Waals surface area contributed by atoms with Gasteiger partial charge in [-0.25, -0.2) is 0 Å². The minimum Gasteiger partial charge on any atom is -0.481 e. The fourth-order valence-corrected chi connectivity index (χ4v) is 0.158. The fourth-order valence-electron chi connectivity index (χ4n) is 0.158. The molecule has 0 rings (SSSR count). The molecule has 0 amide bonds. The first-order chi connectivity index (χ1) is 3.42. The molecule has 0 spiro atoms. The van der Waals surface area contributed by atoms with Gasteiger partial charge in [-0.1, -0.05) is 0 Å². The molecule has 0 aliphatic rings. The normalized spacial score (nSPS) is 10.9. The fraction of sp³-hybridized carbons (Fsp3) is 0.333. The summed E-state index contributed by atoms with van der Waals surface area (Å²) in [5, 5.41) is 31.6. The van der Waals surface area contributed by atoms with E-state index in [4.69, 9.17) is 20.4 Å². The molecule has 0 aliphatic carbocycles. The lowest BCUT2D eigenvalue weighted by Gasteiger charge is -2.12. The van der Waals surface area contributed by atoms with E-state index in [-0.39, 0.29) is 0 Å². The van der Waals surface area contributed by atoms with E-state index in [2.05, 4.69) is 11.3 Å². The van der Waals surface area contributed by atoms with E-state index in [9.17, 15) is 0 Å². The molecule has 0 aromatic rings. The molecule has 0 heterocycles. The monoisotopic (exact) mass is 122 g/mol. The first kappa shape index (κ1) is 7.22. The summed E-state index contributed by atoms with van der Waals surface area (Å²) in [4.78, 5) is 0. The van der Waals surface area contributed by atoms with Crippen molar-refractivity contribution in [2.24, 2.45) is 0 Å². The van der Waals surface area contributed by atoms with E-state index in [0.717, 1.165) is 0 Å². The van der Waals surface area contributed by atoms with Gasteiger partial charge >= 0.3 is 6.16 Å². The van der Waals surface area contributed by atoms with Crippen LogP contribution in [-0.2, 0) is 4.74 Å². The lowest BCUT2D eigenvalue weighted by Crippen LogP contribution is -2.30. The second kappa shape index (κ2) is 1.99. The molecule has 0 unspecified atom stereocenters. The van der Waals surface area contributed by atoms with Crippen LogP contribution in [0, 0.1) is 0 Å². The maximum atomic E-state index is 7.99. The van der Waals surface area contributed by atoms with Gasteiger partial charge in [0.15, 0.2) is 0 Å². The Labute approximate surface area is 45.1 Å². The number of rotatable bonds is 2. The van der Waals surface area contributed by atoms with Crippen LogP contribution in [0.4, 0.5) is 0 Å². The smallest absolute Gasteiger partial charge is 0.455 e. The Kier molecular flexibility index (Phi) is 1.80. The Balaban J connectivity index is 3.55. The number of aliphatic hydroxyl groups excluding tert-OH is 1. The highest BCUT2D eigenvalue weighted by Crippen LogP contribution is 1.99. The number of hydrogen-bond donors (Lipinski definition) is 4. The van der Waals surface area contributed by atoms with Gasteiger partial charge in [-0.05, 0) is 6.58 Å². The van der Waals surface area contributed by atoms with Gasteiger partial charge < -0.3 is 25.2 Å². The summed E-state index contributed by atoms with van der Waals surface area (Å²) in [5.74, 6) is -0.975. The molecular weight excluding hydrogens is 116 g/mol. The zero-order valence-corrected chi connectivity index (χ0v) is 3.90. The molecule has 5 nitrogen and oxygen atoms in total. The van der Waals surface area contributed by atoms with Gasteiger partial charge in [0.2, 0.25) is 0 Å². The van der Waals surface area contributed by atoms with E-state index < -0.39 is 12.1 Å².